The minimum absolute atomic E-state index is 0.0457. The number of carbonyl (C=O) groups excluding carboxylic acids is 3. The fraction of sp³-hybridized carbons (Fsp3) is 0.464. The summed E-state index contributed by atoms with van der Waals surface area (Å²) in [6, 6.07) is 13.6. The number of ether oxygens (including phenoxy) is 4. The van der Waals surface area contributed by atoms with Crippen LogP contribution in [0.15, 0.2) is 48.5 Å². The van der Waals surface area contributed by atoms with E-state index in [0.717, 1.165) is 0 Å². The Morgan fingerprint density at radius 1 is 0.838 bits per heavy atom. The van der Waals surface area contributed by atoms with Crippen molar-refractivity contribution in [2.45, 2.75) is 59.5 Å². The van der Waals surface area contributed by atoms with E-state index in [1.807, 2.05) is 38.1 Å². The van der Waals surface area contributed by atoms with E-state index in [1.165, 1.54) is 0 Å². The van der Waals surface area contributed by atoms with Crippen molar-refractivity contribution >= 4 is 18.0 Å². The summed E-state index contributed by atoms with van der Waals surface area (Å²) in [5, 5.41) is 5.56. The van der Waals surface area contributed by atoms with Crippen LogP contribution in [0.2, 0.25) is 0 Å². The maximum absolute atomic E-state index is 12.8. The Morgan fingerprint density at radius 2 is 1.49 bits per heavy atom. The van der Waals surface area contributed by atoms with E-state index in [-0.39, 0.29) is 25.0 Å². The summed E-state index contributed by atoms with van der Waals surface area (Å²) in [6.45, 7) is 9.61. The highest BCUT2D eigenvalue weighted by molar-refractivity contribution is 5.81. The molecule has 2 unspecified atom stereocenters. The minimum Gasteiger partial charge on any atom is -0.463 e. The number of likely N-dealkylation sites (N-methyl/N-ethyl adjacent to an activating group) is 1. The summed E-state index contributed by atoms with van der Waals surface area (Å²) >= 11 is 0. The van der Waals surface area contributed by atoms with Gasteiger partial charge in [0.05, 0.1) is 31.7 Å². The van der Waals surface area contributed by atoms with Crippen molar-refractivity contribution in [3.8, 4) is 16.9 Å². The molecule has 0 aliphatic heterocycles. The van der Waals surface area contributed by atoms with Crippen molar-refractivity contribution in [2.75, 3.05) is 20.2 Å². The second-order valence-corrected chi connectivity index (χ2v) is 9.23. The number of carbonyl (C=O) groups is 3. The van der Waals surface area contributed by atoms with Gasteiger partial charge in [-0.1, -0.05) is 56.3 Å². The van der Waals surface area contributed by atoms with Gasteiger partial charge in [-0.25, -0.2) is 4.79 Å². The first-order chi connectivity index (χ1) is 17.6. The van der Waals surface area contributed by atoms with E-state index in [0.29, 0.717) is 29.0 Å². The fourth-order valence-electron chi connectivity index (χ4n) is 3.53. The van der Waals surface area contributed by atoms with Crippen LogP contribution in [0, 0.1) is 5.92 Å². The zero-order chi connectivity index (χ0) is 27.4. The van der Waals surface area contributed by atoms with Gasteiger partial charge in [-0.05, 0) is 50.9 Å². The summed E-state index contributed by atoms with van der Waals surface area (Å²) in [7, 11) is 1.66. The Morgan fingerprint density at radius 3 is 2.14 bits per heavy atom. The van der Waals surface area contributed by atoms with Gasteiger partial charge in [-0.3, -0.25) is 9.59 Å². The van der Waals surface area contributed by atoms with Gasteiger partial charge in [0.2, 0.25) is 6.29 Å². The molecule has 202 valence electrons. The Balaban J connectivity index is 2.39. The van der Waals surface area contributed by atoms with Crippen LogP contribution in [-0.4, -0.2) is 50.6 Å². The average molecular weight is 515 g/mol. The Hall–Kier alpha value is -3.43. The van der Waals surface area contributed by atoms with Crippen molar-refractivity contribution in [3.05, 3.63) is 54.1 Å². The van der Waals surface area contributed by atoms with Crippen LogP contribution >= 0.6 is 0 Å². The number of alkyl carbamates (subject to hydrolysis) is 1. The van der Waals surface area contributed by atoms with Crippen LogP contribution in [0.25, 0.3) is 11.1 Å². The Kier molecular flexibility index (Phi) is 12.1. The van der Waals surface area contributed by atoms with Crippen molar-refractivity contribution in [2.24, 2.45) is 5.92 Å². The third-order valence-electron chi connectivity index (χ3n) is 5.03. The molecule has 0 aliphatic rings. The molecular formula is C28H38N2O7. The smallest absolute Gasteiger partial charge is 0.409 e. The van der Waals surface area contributed by atoms with Gasteiger partial charge in [0.15, 0.2) is 0 Å². The van der Waals surface area contributed by atoms with Crippen LogP contribution in [0.5, 0.6) is 5.75 Å². The highest BCUT2D eigenvalue weighted by Gasteiger charge is 2.25. The predicted molar refractivity (Wildman–Crippen MR) is 140 cm³/mol. The van der Waals surface area contributed by atoms with Gasteiger partial charge < -0.3 is 29.6 Å². The normalized spacial score (nSPS) is 12.6. The molecule has 0 bridgehead atoms. The van der Waals surface area contributed by atoms with Crippen molar-refractivity contribution < 1.29 is 33.3 Å². The molecule has 0 saturated carbocycles. The van der Waals surface area contributed by atoms with Crippen molar-refractivity contribution in [1.82, 2.24) is 10.6 Å². The number of para-hydroxylation sites is 1. The SMILES string of the molecule is CNCC(=O)Oc1ccccc1-c1ccccc1C(CC(=O)OC(C)C)NC(=O)OC(C)OCC(C)C. The molecule has 9 nitrogen and oxygen atoms in total. The van der Waals surface area contributed by atoms with E-state index in [2.05, 4.69) is 10.6 Å². The van der Waals surface area contributed by atoms with Crippen LogP contribution in [0.3, 0.4) is 0 Å². The lowest BCUT2D eigenvalue weighted by atomic mass is 9.92. The molecule has 1 amide bonds. The highest BCUT2D eigenvalue weighted by atomic mass is 16.7. The molecular weight excluding hydrogens is 476 g/mol. The van der Waals surface area contributed by atoms with Gasteiger partial charge in [0, 0.05) is 5.56 Å². The van der Waals surface area contributed by atoms with E-state index in [1.54, 1.807) is 52.1 Å². The minimum atomic E-state index is -0.784. The lowest BCUT2D eigenvalue weighted by molar-refractivity contribution is -0.148. The number of hydrogen-bond acceptors (Lipinski definition) is 8. The van der Waals surface area contributed by atoms with Crippen LogP contribution in [0.1, 0.15) is 52.6 Å². The standard InChI is InChI=1S/C28H38N2O7/c1-18(2)17-34-20(5)36-28(33)30-24(15-26(31)35-19(3)4)22-12-8-7-11-21(22)23-13-9-10-14-25(23)37-27(32)16-29-6/h7-14,18-20,24,29H,15-17H2,1-6H3,(H,30,33). The van der Waals surface area contributed by atoms with E-state index >= 15 is 0 Å². The van der Waals surface area contributed by atoms with Gasteiger partial charge >= 0.3 is 18.0 Å². The number of esters is 2. The molecule has 2 aromatic rings. The van der Waals surface area contributed by atoms with Gasteiger partial charge in [0.1, 0.15) is 5.75 Å². The molecule has 2 atom stereocenters. The lowest BCUT2D eigenvalue weighted by Crippen LogP contribution is -2.34. The molecule has 0 spiro atoms. The molecule has 0 aliphatic carbocycles. The number of rotatable bonds is 13. The quantitative estimate of drug-likeness (QED) is 0.227. The van der Waals surface area contributed by atoms with Crippen molar-refractivity contribution in [1.29, 1.82) is 0 Å². The van der Waals surface area contributed by atoms with Crippen LogP contribution < -0.4 is 15.4 Å². The molecule has 2 rings (SSSR count). The summed E-state index contributed by atoms with van der Waals surface area (Å²) in [5.41, 5.74) is 1.95. The van der Waals surface area contributed by atoms with E-state index in [4.69, 9.17) is 18.9 Å². The van der Waals surface area contributed by atoms with Gasteiger partial charge in [0.25, 0.3) is 0 Å². The second-order valence-electron chi connectivity index (χ2n) is 9.23. The zero-order valence-corrected chi connectivity index (χ0v) is 22.4. The molecule has 0 radical (unpaired) electrons. The third kappa shape index (κ3) is 10.2. The fourth-order valence-corrected chi connectivity index (χ4v) is 3.53. The molecule has 0 heterocycles. The van der Waals surface area contributed by atoms with Crippen molar-refractivity contribution in [3.63, 3.8) is 0 Å². The summed E-state index contributed by atoms with van der Waals surface area (Å²) in [6.07, 6.45) is -1.95. The monoisotopic (exact) mass is 514 g/mol. The largest absolute Gasteiger partial charge is 0.463 e. The number of benzene rings is 2. The zero-order valence-electron chi connectivity index (χ0n) is 22.4. The first kappa shape index (κ1) is 29.8. The topological polar surface area (TPSA) is 112 Å². The highest BCUT2D eigenvalue weighted by Crippen LogP contribution is 2.36. The average Bonchev–Trinajstić information content (AvgIpc) is 2.82. The Labute approximate surface area is 218 Å². The Bertz CT molecular complexity index is 1040. The van der Waals surface area contributed by atoms with Crippen LogP contribution in [-0.2, 0) is 23.8 Å². The lowest BCUT2D eigenvalue weighted by Gasteiger charge is -2.24. The molecule has 9 heteroatoms. The molecule has 2 N–H and O–H groups in total. The second kappa shape index (κ2) is 15.0. The number of hydrogen-bond donors (Lipinski definition) is 2. The summed E-state index contributed by atoms with van der Waals surface area (Å²) < 4.78 is 21.8. The van der Waals surface area contributed by atoms with Gasteiger partial charge in [-0.2, -0.15) is 0 Å². The van der Waals surface area contributed by atoms with Crippen LogP contribution in [0.4, 0.5) is 4.79 Å². The first-order valence-electron chi connectivity index (χ1n) is 12.4. The van der Waals surface area contributed by atoms with E-state index < -0.39 is 30.4 Å². The molecule has 0 saturated heterocycles. The van der Waals surface area contributed by atoms with E-state index in [9.17, 15) is 14.4 Å². The third-order valence-corrected chi connectivity index (χ3v) is 5.03. The summed E-state index contributed by atoms with van der Waals surface area (Å²) in [4.78, 5) is 37.6. The molecule has 2 aromatic carbocycles. The molecule has 37 heavy (non-hydrogen) atoms. The van der Waals surface area contributed by atoms with Gasteiger partial charge in [-0.15, -0.1) is 0 Å². The predicted octanol–water partition coefficient (Wildman–Crippen LogP) is 4.61. The number of amides is 1. The maximum atomic E-state index is 12.8. The maximum Gasteiger partial charge on any atom is 0.409 e. The summed E-state index contributed by atoms with van der Waals surface area (Å²) in [5.74, 6) is -0.284. The number of nitrogens with one attached hydrogen (secondary N) is 2. The molecule has 0 aromatic heterocycles. The molecule has 0 fully saturated rings. The first-order valence-corrected chi connectivity index (χ1v) is 12.4.